The fourth-order valence-corrected chi connectivity index (χ4v) is 2.52. The second-order valence-electron chi connectivity index (χ2n) is 5.96. The van der Waals surface area contributed by atoms with Crippen molar-refractivity contribution in [3.05, 3.63) is 0 Å². The van der Waals surface area contributed by atoms with Gasteiger partial charge in [-0.1, -0.05) is 0 Å². The van der Waals surface area contributed by atoms with E-state index in [1.165, 1.54) is 0 Å². The minimum atomic E-state index is -0.863. The highest BCUT2D eigenvalue weighted by molar-refractivity contribution is 5.92. The minimum Gasteiger partial charge on any atom is -0.354 e. The first-order valence-electron chi connectivity index (χ1n) is 7.15. The van der Waals surface area contributed by atoms with Crippen molar-refractivity contribution >= 4 is 11.8 Å². The Morgan fingerprint density at radius 1 is 1.37 bits per heavy atom. The average Bonchev–Trinajstić information content (AvgIpc) is 2.77. The number of carbonyl (C=O) groups is 2. The highest BCUT2D eigenvalue weighted by Gasteiger charge is 2.36. The molecule has 2 N–H and O–H groups in total. The molecular weight excluding hydrogens is 242 g/mol. The molecule has 0 spiro atoms. The predicted octanol–water partition coefficient (Wildman–Crippen LogP) is 0.890. The number of amides is 2. The van der Waals surface area contributed by atoms with Crippen LogP contribution in [0.25, 0.3) is 0 Å². The zero-order valence-electron chi connectivity index (χ0n) is 12.7. The molecule has 1 atom stereocenters. The lowest BCUT2D eigenvalue weighted by atomic mass is 10.0. The predicted molar refractivity (Wildman–Crippen MR) is 75.8 cm³/mol. The fourth-order valence-electron chi connectivity index (χ4n) is 2.52. The number of likely N-dealkylation sites (tertiary alicyclic amines) is 1. The van der Waals surface area contributed by atoms with E-state index in [9.17, 15) is 9.59 Å². The normalized spacial score (nSPS) is 20.6. The summed E-state index contributed by atoms with van der Waals surface area (Å²) in [5.74, 6) is -0.181. The van der Waals surface area contributed by atoms with Gasteiger partial charge in [-0.15, -0.1) is 0 Å². The van der Waals surface area contributed by atoms with Crippen molar-refractivity contribution < 1.29 is 9.59 Å². The van der Waals surface area contributed by atoms with Crippen LogP contribution in [0.4, 0.5) is 0 Å². The Labute approximate surface area is 116 Å². The Kier molecular flexibility index (Phi) is 5.35. The Balaban J connectivity index is 2.66. The third kappa shape index (κ3) is 3.93. The molecule has 0 aliphatic carbocycles. The standard InChI is InChI=1S/C14H27N3O2/c1-6-15-13(19)14(4,5)16-12(18)11-8-7-9-17(11)10(2)3/h10-11H,6-9H2,1-5H3,(H,15,19)(H,16,18). The zero-order chi connectivity index (χ0) is 14.6. The molecule has 0 radical (unpaired) electrons. The van der Waals surface area contributed by atoms with E-state index in [1.54, 1.807) is 13.8 Å². The van der Waals surface area contributed by atoms with Crippen LogP contribution >= 0.6 is 0 Å². The zero-order valence-corrected chi connectivity index (χ0v) is 12.7. The van der Waals surface area contributed by atoms with Gasteiger partial charge in [-0.25, -0.2) is 0 Å². The molecule has 1 aliphatic rings. The maximum atomic E-state index is 12.4. The van der Waals surface area contributed by atoms with Gasteiger partial charge in [-0.3, -0.25) is 14.5 Å². The third-order valence-corrected chi connectivity index (χ3v) is 3.60. The lowest BCUT2D eigenvalue weighted by molar-refractivity contribution is -0.134. The van der Waals surface area contributed by atoms with Gasteiger partial charge in [0.2, 0.25) is 11.8 Å². The van der Waals surface area contributed by atoms with Crippen LogP contribution in [-0.2, 0) is 9.59 Å². The first kappa shape index (κ1) is 16.0. The van der Waals surface area contributed by atoms with E-state index in [0.717, 1.165) is 19.4 Å². The number of nitrogens with zero attached hydrogens (tertiary/aromatic N) is 1. The molecule has 19 heavy (non-hydrogen) atoms. The van der Waals surface area contributed by atoms with E-state index < -0.39 is 5.54 Å². The number of carbonyl (C=O) groups excluding carboxylic acids is 2. The van der Waals surface area contributed by atoms with Gasteiger partial charge in [-0.2, -0.15) is 0 Å². The highest BCUT2D eigenvalue weighted by Crippen LogP contribution is 2.20. The maximum absolute atomic E-state index is 12.4. The van der Waals surface area contributed by atoms with Crippen molar-refractivity contribution in [1.82, 2.24) is 15.5 Å². The van der Waals surface area contributed by atoms with Gasteiger partial charge >= 0.3 is 0 Å². The van der Waals surface area contributed by atoms with Crippen LogP contribution in [0.15, 0.2) is 0 Å². The Morgan fingerprint density at radius 3 is 2.53 bits per heavy atom. The molecule has 1 unspecified atom stereocenters. The summed E-state index contributed by atoms with van der Waals surface area (Å²) in [5.41, 5.74) is -0.863. The van der Waals surface area contributed by atoms with E-state index in [0.29, 0.717) is 12.6 Å². The molecule has 1 saturated heterocycles. The van der Waals surface area contributed by atoms with Crippen LogP contribution in [-0.4, -0.2) is 47.4 Å². The second-order valence-corrected chi connectivity index (χ2v) is 5.96. The molecule has 5 nitrogen and oxygen atoms in total. The second kappa shape index (κ2) is 6.37. The van der Waals surface area contributed by atoms with E-state index in [1.807, 2.05) is 6.92 Å². The van der Waals surface area contributed by atoms with Gasteiger partial charge in [0.1, 0.15) is 5.54 Å². The van der Waals surface area contributed by atoms with Gasteiger partial charge in [0.25, 0.3) is 0 Å². The molecule has 2 amide bonds. The van der Waals surface area contributed by atoms with Crippen LogP contribution in [0.1, 0.15) is 47.5 Å². The fraction of sp³-hybridized carbons (Fsp3) is 0.857. The molecule has 0 aromatic heterocycles. The van der Waals surface area contributed by atoms with Crippen LogP contribution in [0, 0.1) is 0 Å². The summed E-state index contributed by atoms with van der Waals surface area (Å²) < 4.78 is 0. The Bertz CT molecular complexity index is 340. The first-order valence-corrected chi connectivity index (χ1v) is 7.15. The summed E-state index contributed by atoms with van der Waals surface area (Å²) in [6.45, 7) is 11.1. The van der Waals surface area contributed by atoms with Crippen molar-refractivity contribution in [2.45, 2.75) is 65.1 Å². The van der Waals surface area contributed by atoms with Crippen molar-refractivity contribution in [3.63, 3.8) is 0 Å². The molecule has 5 heteroatoms. The summed E-state index contributed by atoms with van der Waals surface area (Å²) >= 11 is 0. The number of hydrogen-bond acceptors (Lipinski definition) is 3. The number of likely N-dealkylation sites (N-methyl/N-ethyl adjacent to an activating group) is 1. The van der Waals surface area contributed by atoms with Gasteiger partial charge in [0.15, 0.2) is 0 Å². The van der Waals surface area contributed by atoms with Crippen molar-refractivity contribution in [3.8, 4) is 0 Å². The monoisotopic (exact) mass is 269 g/mol. The lowest BCUT2D eigenvalue weighted by Gasteiger charge is -2.31. The Morgan fingerprint density at radius 2 is 2.00 bits per heavy atom. The Hall–Kier alpha value is -1.10. The van der Waals surface area contributed by atoms with E-state index in [-0.39, 0.29) is 17.9 Å². The van der Waals surface area contributed by atoms with Crippen molar-refractivity contribution in [2.75, 3.05) is 13.1 Å². The summed E-state index contributed by atoms with van der Waals surface area (Å²) in [6.07, 6.45) is 1.91. The van der Waals surface area contributed by atoms with Gasteiger partial charge in [0.05, 0.1) is 6.04 Å². The maximum Gasteiger partial charge on any atom is 0.245 e. The molecule has 1 heterocycles. The topological polar surface area (TPSA) is 61.4 Å². The highest BCUT2D eigenvalue weighted by atomic mass is 16.2. The molecule has 0 saturated carbocycles. The molecule has 0 aromatic rings. The van der Waals surface area contributed by atoms with Crippen LogP contribution < -0.4 is 10.6 Å². The largest absolute Gasteiger partial charge is 0.354 e. The van der Waals surface area contributed by atoms with E-state index in [2.05, 4.69) is 29.4 Å². The first-order chi connectivity index (χ1) is 8.79. The van der Waals surface area contributed by atoms with Crippen LogP contribution in [0.5, 0.6) is 0 Å². The molecule has 0 bridgehead atoms. The molecular formula is C14H27N3O2. The van der Waals surface area contributed by atoms with Gasteiger partial charge in [0, 0.05) is 12.6 Å². The summed E-state index contributed by atoms with van der Waals surface area (Å²) in [5, 5.41) is 5.62. The third-order valence-electron chi connectivity index (χ3n) is 3.60. The molecule has 1 aliphatic heterocycles. The quantitative estimate of drug-likeness (QED) is 0.779. The van der Waals surface area contributed by atoms with Crippen molar-refractivity contribution in [1.29, 1.82) is 0 Å². The lowest BCUT2D eigenvalue weighted by Crippen LogP contribution is -2.58. The summed E-state index contributed by atoms with van der Waals surface area (Å²) in [4.78, 5) is 26.4. The van der Waals surface area contributed by atoms with E-state index in [4.69, 9.17) is 0 Å². The van der Waals surface area contributed by atoms with Crippen LogP contribution in [0.2, 0.25) is 0 Å². The average molecular weight is 269 g/mol. The molecule has 110 valence electrons. The van der Waals surface area contributed by atoms with Crippen LogP contribution in [0.3, 0.4) is 0 Å². The SMILES string of the molecule is CCNC(=O)C(C)(C)NC(=O)C1CCCN1C(C)C. The smallest absolute Gasteiger partial charge is 0.245 e. The van der Waals surface area contributed by atoms with E-state index >= 15 is 0 Å². The number of rotatable bonds is 5. The minimum absolute atomic E-state index is 0.0394. The number of hydrogen-bond donors (Lipinski definition) is 2. The molecule has 1 rings (SSSR count). The summed E-state index contributed by atoms with van der Waals surface area (Å²) in [7, 11) is 0. The van der Waals surface area contributed by atoms with Gasteiger partial charge < -0.3 is 10.6 Å². The molecule has 1 fully saturated rings. The number of nitrogens with one attached hydrogen (secondary N) is 2. The molecule has 0 aromatic carbocycles. The summed E-state index contributed by atoms with van der Waals surface area (Å²) in [6, 6.07) is 0.250. The van der Waals surface area contributed by atoms with Gasteiger partial charge in [-0.05, 0) is 54.0 Å². The van der Waals surface area contributed by atoms with Crippen molar-refractivity contribution in [2.24, 2.45) is 0 Å².